The van der Waals surface area contributed by atoms with E-state index in [9.17, 15) is 14.7 Å². The van der Waals surface area contributed by atoms with Crippen LogP contribution in [0, 0.1) is 0 Å². The molecule has 0 aliphatic heterocycles. The molecule has 0 heterocycles. The minimum Gasteiger partial charge on any atom is -0.481 e. The summed E-state index contributed by atoms with van der Waals surface area (Å²) in [7, 11) is 0. The van der Waals surface area contributed by atoms with Crippen LogP contribution in [0.1, 0.15) is 12.0 Å². The van der Waals surface area contributed by atoms with Crippen LogP contribution >= 0.6 is 0 Å². The fraction of sp³-hybridized carbons (Fsp3) is 0.333. The Labute approximate surface area is 99.1 Å². The Morgan fingerprint density at radius 3 is 2.47 bits per heavy atom. The van der Waals surface area contributed by atoms with Crippen molar-refractivity contribution in [1.29, 1.82) is 0 Å². The number of carboxylic acids is 1. The van der Waals surface area contributed by atoms with Gasteiger partial charge in [0.2, 0.25) is 5.91 Å². The van der Waals surface area contributed by atoms with E-state index in [2.05, 4.69) is 5.32 Å². The van der Waals surface area contributed by atoms with Crippen molar-refractivity contribution in [3.05, 3.63) is 35.9 Å². The van der Waals surface area contributed by atoms with E-state index < -0.39 is 18.0 Å². The molecule has 1 amide bonds. The van der Waals surface area contributed by atoms with Gasteiger partial charge in [-0.3, -0.25) is 9.59 Å². The van der Waals surface area contributed by atoms with Crippen molar-refractivity contribution < 1.29 is 19.8 Å². The van der Waals surface area contributed by atoms with Gasteiger partial charge in [0.1, 0.15) is 6.10 Å². The molecule has 0 aliphatic carbocycles. The highest BCUT2D eigenvalue weighted by molar-refractivity contribution is 5.81. The summed E-state index contributed by atoms with van der Waals surface area (Å²) in [6, 6.07) is 9.12. The number of nitrogens with one attached hydrogen (secondary N) is 1. The lowest BCUT2D eigenvalue weighted by Crippen LogP contribution is -2.36. The molecular weight excluding hydrogens is 222 g/mol. The van der Waals surface area contributed by atoms with E-state index in [1.807, 2.05) is 30.3 Å². The molecule has 0 aromatic heterocycles. The lowest BCUT2D eigenvalue weighted by Gasteiger charge is -2.10. The molecule has 92 valence electrons. The average Bonchev–Trinajstić information content (AvgIpc) is 2.29. The van der Waals surface area contributed by atoms with E-state index in [1.54, 1.807) is 0 Å². The van der Waals surface area contributed by atoms with Crippen LogP contribution in [0.3, 0.4) is 0 Å². The monoisotopic (exact) mass is 237 g/mol. The first-order valence-electron chi connectivity index (χ1n) is 5.31. The van der Waals surface area contributed by atoms with Gasteiger partial charge in [-0.15, -0.1) is 0 Å². The summed E-state index contributed by atoms with van der Waals surface area (Å²) >= 11 is 0. The molecule has 5 heteroatoms. The Morgan fingerprint density at radius 2 is 1.88 bits per heavy atom. The van der Waals surface area contributed by atoms with Crippen molar-refractivity contribution >= 4 is 11.9 Å². The standard InChI is InChI=1S/C12H15NO4/c14-10(8-9-4-2-1-3-5-9)12(17)13-7-6-11(15)16/h1-5,10,14H,6-8H2,(H,13,17)(H,15,16). The summed E-state index contributed by atoms with van der Waals surface area (Å²) < 4.78 is 0. The Morgan fingerprint density at radius 1 is 1.24 bits per heavy atom. The fourth-order valence-electron chi connectivity index (χ4n) is 1.34. The van der Waals surface area contributed by atoms with E-state index in [0.29, 0.717) is 0 Å². The molecule has 1 unspecified atom stereocenters. The highest BCUT2D eigenvalue weighted by Crippen LogP contribution is 2.02. The Hall–Kier alpha value is -1.88. The molecule has 1 rings (SSSR count). The Balaban J connectivity index is 2.34. The van der Waals surface area contributed by atoms with Crippen LogP contribution in [0.2, 0.25) is 0 Å². The molecule has 0 aliphatic rings. The molecule has 1 aromatic rings. The number of hydrogen-bond donors (Lipinski definition) is 3. The molecule has 0 spiro atoms. The second kappa shape index (κ2) is 6.65. The summed E-state index contributed by atoms with van der Waals surface area (Å²) in [5.41, 5.74) is 0.855. The molecule has 3 N–H and O–H groups in total. The van der Waals surface area contributed by atoms with Crippen LogP contribution in [-0.2, 0) is 16.0 Å². The van der Waals surface area contributed by atoms with Gasteiger partial charge in [0.05, 0.1) is 6.42 Å². The zero-order chi connectivity index (χ0) is 12.7. The number of rotatable bonds is 6. The third kappa shape index (κ3) is 5.12. The molecule has 1 atom stereocenters. The van der Waals surface area contributed by atoms with Crippen molar-refractivity contribution in [3.63, 3.8) is 0 Å². The minimum absolute atomic E-state index is 0.0278. The van der Waals surface area contributed by atoms with Gasteiger partial charge >= 0.3 is 5.97 Å². The Bertz CT molecular complexity index is 377. The zero-order valence-corrected chi connectivity index (χ0v) is 9.30. The summed E-state index contributed by atoms with van der Waals surface area (Å²) in [5.74, 6) is -1.53. The van der Waals surface area contributed by atoms with Gasteiger partial charge in [0, 0.05) is 13.0 Å². The molecule has 0 bridgehead atoms. The van der Waals surface area contributed by atoms with Crippen molar-refractivity contribution in [1.82, 2.24) is 5.32 Å². The van der Waals surface area contributed by atoms with Crippen LogP contribution in [0.15, 0.2) is 30.3 Å². The van der Waals surface area contributed by atoms with E-state index in [1.165, 1.54) is 0 Å². The number of hydrogen-bond acceptors (Lipinski definition) is 3. The smallest absolute Gasteiger partial charge is 0.305 e. The summed E-state index contributed by atoms with van der Waals surface area (Å²) in [6.07, 6.45) is -1.07. The number of aliphatic hydroxyl groups excluding tert-OH is 1. The van der Waals surface area contributed by atoms with Crippen molar-refractivity contribution in [2.24, 2.45) is 0 Å². The number of amides is 1. The van der Waals surface area contributed by atoms with Gasteiger partial charge in [0.25, 0.3) is 0 Å². The lowest BCUT2D eigenvalue weighted by atomic mass is 10.1. The number of aliphatic hydroxyl groups is 1. The largest absolute Gasteiger partial charge is 0.481 e. The normalized spacial score (nSPS) is 11.8. The quantitative estimate of drug-likeness (QED) is 0.658. The van der Waals surface area contributed by atoms with E-state index >= 15 is 0 Å². The SMILES string of the molecule is O=C(O)CCNC(=O)C(O)Cc1ccccc1. The van der Waals surface area contributed by atoms with Gasteiger partial charge in [-0.05, 0) is 5.56 Å². The van der Waals surface area contributed by atoms with Gasteiger partial charge < -0.3 is 15.5 Å². The fourth-order valence-corrected chi connectivity index (χ4v) is 1.34. The van der Waals surface area contributed by atoms with Crippen LogP contribution < -0.4 is 5.32 Å². The molecule has 0 fully saturated rings. The number of carbonyl (C=O) groups excluding carboxylic acids is 1. The van der Waals surface area contributed by atoms with E-state index in [0.717, 1.165) is 5.56 Å². The first kappa shape index (κ1) is 13.2. The summed E-state index contributed by atoms with van der Waals surface area (Å²) in [4.78, 5) is 21.6. The molecule has 0 radical (unpaired) electrons. The predicted molar refractivity (Wildman–Crippen MR) is 61.4 cm³/mol. The first-order valence-corrected chi connectivity index (χ1v) is 5.31. The minimum atomic E-state index is -1.15. The molecule has 5 nitrogen and oxygen atoms in total. The zero-order valence-electron chi connectivity index (χ0n) is 9.30. The van der Waals surface area contributed by atoms with Gasteiger partial charge in [-0.2, -0.15) is 0 Å². The molecule has 17 heavy (non-hydrogen) atoms. The number of carboxylic acid groups (broad SMARTS) is 1. The third-order valence-corrected chi connectivity index (χ3v) is 2.21. The maximum Gasteiger partial charge on any atom is 0.305 e. The Kier molecular flexibility index (Phi) is 5.16. The summed E-state index contributed by atoms with van der Waals surface area (Å²) in [6.45, 7) is 0.0278. The van der Waals surface area contributed by atoms with E-state index in [-0.39, 0.29) is 19.4 Å². The van der Waals surface area contributed by atoms with Crippen molar-refractivity contribution in [3.8, 4) is 0 Å². The number of aliphatic carboxylic acids is 1. The second-order valence-corrected chi connectivity index (χ2v) is 3.64. The number of benzene rings is 1. The number of carbonyl (C=O) groups is 2. The summed E-state index contributed by atoms with van der Waals surface area (Å²) in [5, 5.41) is 20.3. The average molecular weight is 237 g/mol. The molecule has 1 aromatic carbocycles. The molecule has 0 saturated heterocycles. The van der Waals surface area contributed by atoms with Crippen LogP contribution in [-0.4, -0.2) is 34.7 Å². The van der Waals surface area contributed by atoms with Gasteiger partial charge in [0.15, 0.2) is 0 Å². The maximum absolute atomic E-state index is 11.4. The molecular formula is C12H15NO4. The first-order chi connectivity index (χ1) is 8.09. The van der Waals surface area contributed by atoms with Crippen LogP contribution in [0.4, 0.5) is 0 Å². The maximum atomic E-state index is 11.4. The second-order valence-electron chi connectivity index (χ2n) is 3.64. The molecule has 0 saturated carbocycles. The third-order valence-electron chi connectivity index (χ3n) is 2.21. The van der Waals surface area contributed by atoms with Gasteiger partial charge in [-0.25, -0.2) is 0 Å². The van der Waals surface area contributed by atoms with Gasteiger partial charge in [-0.1, -0.05) is 30.3 Å². The van der Waals surface area contributed by atoms with Crippen molar-refractivity contribution in [2.75, 3.05) is 6.54 Å². The topological polar surface area (TPSA) is 86.6 Å². The lowest BCUT2D eigenvalue weighted by molar-refractivity contribution is -0.137. The van der Waals surface area contributed by atoms with Crippen LogP contribution in [0.25, 0.3) is 0 Å². The predicted octanol–water partition coefficient (Wildman–Crippen LogP) is 0.181. The van der Waals surface area contributed by atoms with E-state index in [4.69, 9.17) is 5.11 Å². The highest BCUT2D eigenvalue weighted by atomic mass is 16.4. The highest BCUT2D eigenvalue weighted by Gasteiger charge is 2.15. The van der Waals surface area contributed by atoms with Crippen LogP contribution in [0.5, 0.6) is 0 Å². The van der Waals surface area contributed by atoms with Crippen molar-refractivity contribution in [2.45, 2.75) is 18.9 Å².